The van der Waals surface area contributed by atoms with Gasteiger partial charge in [0.25, 0.3) is 0 Å². The maximum Gasteiger partial charge on any atom is 0.228 e. The van der Waals surface area contributed by atoms with Gasteiger partial charge in [-0.3, -0.25) is 9.59 Å². The fourth-order valence-corrected chi connectivity index (χ4v) is 6.75. The van der Waals surface area contributed by atoms with E-state index in [0.717, 1.165) is 49.2 Å². The molecule has 6 heteroatoms. The van der Waals surface area contributed by atoms with Crippen molar-refractivity contribution >= 4 is 11.8 Å². The Bertz CT molecular complexity index is 807. The summed E-state index contributed by atoms with van der Waals surface area (Å²) in [6, 6.07) is 5.71. The van der Waals surface area contributed by atoms with Crippen LogP contribution < -0.4 is 14.8 Å². The molecule has 4 saturated carbocycles. The van der Waals surface area contributed by atoms with Gasteiger partial charge in [-0.05, 0) is 62.5 Å². The average molecular weight is 401 g/mol. The van der Waals surface area contributed by atoms with Gasteiger partial charge in [0.2, 0.25) is 11.8 Å². The van der Waals surface area contributed by atoms with Crippen LogP contribution in [0.5, 0.6) is 11.5 Å². The monoisotopic (exact) mass is 400 g/mol. The van der Waals surface area contributed by atoms with Crippen molar-refractivity contribution in [2.75, 3.05) is 21.3 Å². The summed E-state index contributed by atoms with van der Waals surface area (Å²) in [7, 11) is 5.15. The van der Waals surface area contributed by atoms with Gasteiger partial charge in [0.1, 0.15) is 11.5 Å². The number of methoxy groups -OCH3 is 2. The lowest BCUT2D eigenvalue weighted by Crippen LogP contribution is -2.65. The third-order valence-electron chi connectivity index (χ3n) is 7.20. The topological polar surface area (TPSA) is 67.9 Å². The third-order valence-corrected chi connectivity index (χ3v) is 7.20. The normalized spacial score (nSPS) is 32.0. The van der Waals surface area contributed by atoms with E-state index in [0.29, 0.717) is 18.4 Å². The molecule has 2 unspecified atom stereocenters. The van der Waals surface area contributed by atoms with Crippen LogP contribution in [0, 0.1) is 17.3 Å². The first kappa shape index (κ1) is 20.0. The Morgan fingerprint density at radius 1 is 1.14 bits per heavy atom. The van der Waals surface area contributed by atoms with E-state index in [2.05, 4.69) is 5.32 Å². The lowest BCUT2D eigenvalue weighted by Gasteiger charge is -2.61. The highest BCUT2D eigenvalue weighted by Crippen LogP contribution is 2.62. The van der Waals surface area contributed by atoms with Crippen LogP contribution >= 0.6 is 0 Å². The second-order valence-electron chi connectivity index (χ2n) is 9.54. The quantitative estimate of drug-likeness (QED) is 0.797. The smallest absolute Gasteiger partial charge is 0.228 e. The van der Waals surface area contributed by atoms with Crippen LogP contribution in [0.1, 0.15) is 51.0 Å². The van der Waals surface area contributed by atoms with Crippen LogP contribution in [-0.4, -0.2) is 43.5 Å². The van der Waals surface area contributed by atoms with Crippen LogP contribution in [-0.2, 0) is 16.1 Å². The van der Waals surface area contributed by atoms with Crippen molar-refractivity contribution in [3.8, 4) is 11.5 Å². The minimum absolute atomic E-state index is 0.0193. The Kier molecular flexibility index (Phi) is 4.99. The largest absolute Gasteiger partial charge is 0.497 e. The number of amides is 2. The highest BCUT2D eigenvalue weighted by Gasteiger charge is 2.61. The molecule has 0 heterocycles. The molecule has 5 rings (SSSR count). The Balaban J connectivity index is 1.55. The number of hydrogen-bond acceptors (Lipinski definition) is 4. The molecular formula is C23H32N2O4. The Labute approximate surface area is 172 Å². The molecule has 2 amide bonds. The van der Waals surface area contributed by atoms with Crippen LogP contribution in [0.15, 0.2) is 18.2 Å². The lowest BCUT2D eigenvalue weighted by molar-refractivity contribution is -0.162. The van der Waals surface area contributed by atoms with E-state index in [1.54, 1.807) is 21.1 Å². The lowest BCUT2D eigenvalue weighted by atomic mass is 9.46. The van der Waals surface area contributed by atoms with Crippen molar-refractivity contribution in [2.45, 2.75) is 57.5 Å². The Morgan fingerprint density at radius 2 is 1.83 bits per heavy atom. The van der Waals surface area contributed by atoms with Crippen molar-refractivity contribution in [2.24, 2.45) is 17.3 Å². The summed E-state index contributed by atoms with van der Waals surface area (Å²) < 4.78 is 10.8. The number of carbonyl (C=O) groups excluding carboxylic acids is 2. The predicted octanol–water partition coefficient (Wildman–Crippen LogP) is 3.14. The summed E-state index contributed by atoms with van der Waals surface area (Å²) in [5.74, 6) is 2.76. The zero-order valence-electron chi connectivity index (χ0n) is 17.9. The highest BCUT2D eigenvalue weighted by atomic mass is 16.5. The number of carbonyl (C=O) groups is 2. The molecule has 1 aromatic rings. The van der Waals surface area contributed by atoms with Gasteiger partial charge in [0.05, 0.1) is 19.6 Å². The van der Waals surface area contributed by atoms with Crippen molar-refractivity contribution in [1.29, 1.82) is 0 Å². The van der Waals surface area contributed by atoms with Gasteiger partial charge in [-0.1, -0.05) is 0 Å². The molecule has 0 aromatic heterocycles. The van der Waals surface area contributed by atoms with E-state index in [-0.39, 0.29) is 22.8 Å². The maximum atomic E-state index is 13.7. The molecule has 0 spiro atoms. The van der Waals surface area contributed by atoms with E-state index < -0.39 is 0 Å². The molecular weight excluding hydrogens is 368 g/mol. The molecule has 6 nitrogen and oxygen atoms in total. The first-order valence-corrected chi connectivity index (χ1v) is 10.5. The molecule has 4 aliphatic carbocycles. The first-order chi connectivity index (χ1) is 13.8. The van der Waals surface area contributed by atoms with E-state index in [1.165, 1.54) is 6.42 Å². The maximum absolute atomic E-state index is 13.7. The van der Waals surface area contributed by atoms with Gasteiger partial charge in [-0.25, -0.2) is 0 Å². The van der Waals surface area contributed by atoms with E-state index in [1.807, 2.05) is 30.1 Å². The molecule has 29 heavy (non-hydrogen) atoms. The van der Waals surface area contributed by atoms with Crippen molar-refractivity contribution in [3.63, 3.8) is 0 Å². The average Bonchev–Trinajstić information content (AvgIpc) is 2.65. The molecule has 1 aromatic carbocycles. The molecule has 158 valence electrons. The van der Waals surface area contributed by atoms with E-state index in [9.17, 15) is 9.59 Å². The fraction of sp³-hybridized carbons (Fsp3) is 0.652. The van der Waals surface area contributed by atoms with Gasteiger partial charge >= 0.3 is 0 Å². The minimum Gasteiger partial charge on any atom is -0.497 e. The van der Waals surface area contributed by atoms with Crippen molar-refractivity contribution < 1.29 is 19.1 Å². The summed E-state index contributed by atoms with van der Waals surface area (Å²) in [4.78, 5) is 27.4. The molecule has 4 aliphatic rings. The number of hydrogen-bond donors (Lipinski definition) is 1. The molecule has 0 radical (unpaired) electrons. The second-order valence-corrected chi connectivity index (χ2v) is 9.54. The number of benzene rings is 1. The SMILES string of the molecule is COc1ccc(CN(C)C(=O)C23CC4CC(CC(NC(C)=O)(C4)C2)C3)c(OC)c1. The fourth-order valence-electron chi connectivity index (χ4n) is 6.75. The predicted molar refractivity (Wildman–Crippen MR) is 110 cm³/mol. The van der Waals surface area contributed by atoms with E-state index in [4.69, 9.17) is 9.47 Å². The number of ether oxygens (including phenoxy) is 2. The summed E-state index contributed by atoms with van der Waals surface area (Å²) in [6.07, 6.45) is 5.92. The minimum atomic E-state index is -0.346. The van der Waals surface area contributed by atoms with Crippen molar-refractivity contribution in [3.05, 3.63) is 23.8 Å². The first-order valence-electron chi connectivity index (χ1n) is 10.5. The zero-order chi connectivity index (χ0) is 20.8. The molecule has 2 atom stereocenters. The van der Waals surface area contributed by atoms with Crippen LogP contribution in [0.4, 0.5) is 0 Å². The van der Waals surface area contributed by atoms with Crippen molar-refractivity contribution in [1.82, 2.24) is 10.2 Å². The molecule has 1 N–H and O–H groups in total. The van der Waals surface area contributed by atoms with Crippen LogP contribution in [0.3, 0.4) is 0 Å². The van der Waals surface area contributed by atoms with Gasteiger partial charge in [0, 0.05) is 37.7 Å². The standard InChI is InChI=1S/C23H32N2O4/c1-15(26)24-23-11-16-7-17(12-23)10-22(9-16,14-23)21(27)25(2)13-18-5-6-19(28-3)8-20(18)29-4/h5-6,8,16-17H,7,9-14H2,1-4H3,(H,24,26). The molecule has 4 fully saturated rings. The van der Waals surface area contributed by atoms with Gasteiger partial charge < -0.3 is 19.7 Å². The highest BCUT2D eigenvalue weighted by molar-refractivity contribution is 5.84. The number of rotatable bonds is 6. The Morgan fingerprint density at radius 3 is 2.41 bits per heavy atom. The molecule has 4 bridgehead atoms. The summed E-state index contributed by atoms with van der Waals surface area (Å²) >= 11 is 0. The molecule has 0 aliphatic heterocycles. The summed E-state index contributed by atoms with van der Waals surface area (Å²) in [5.41, 5.74) is 0.427. The van der Waals surface area contributed by atoms with Gasteiger partial charge in [-0.15, -0.1) is 0 Å². The van der Waals surface area contributed by atoms with Gasteiger partial charge in [0.15, 0.2) is 0 Å². The third kappa shape index (κ3) is 3.58. The zero-order valence-corrected chi connectivity index (χ0v) is 17.9. The van der Waals surface area contributed by atoms with Crippen LogP contribution in [0.25, 0.3) is 0 Å². The number of nitrogens with zero attached hydrogens (tertiary/aromatic N) is 1. The van der Waals surface area contributed by atoms with Crippen LogP contribution in [0.2, 0.25) is 0 Å². The Hall–Kier alpha value is -2.24. The van der Waals surface area contributed by atoms with Gasteiger partial charge in [-0.2, -0.15) is 0 Å². The number of nitrogens with one attached hydrogen (secondary N) is 1. The molecule has 0 saturated heterocycles. The summed E-state index contributed by atoms with van der Waals surface area (Å²) in [6.45, 7) is 2.09. The second kappa shape index (κ2) is 7.22. The summed E-state index contributed by atoms with van der Waals surface area (Å²) in [5, 5.41) is 3.24. The van der Waals surface area contributed by atoms with E-state index >= 15 is 0 Å².